The summed E-state index contributed by atoms with van der Waals surface area (Å²) in [5.41, 5.74) is 7.09. The molecule has 0 atom stereocenters. The summed E-state index contributed by atoms with van der Waals surface area (Å²) in [5, 5.41) is 9.69. The molecule has 0 saturated carbocycles. The van der Waals surface area contributed by atoms with Crippen molar-refractivity contribution in [1.82, 2.24) is 19.6 Å². The topological polar surface area (TPSA) is 73.0 Å². The van der Waals surface area contributed by atoms with Crippen LogP contribution in [0.2, 0.25) is 0 Å². The highest BCUT2D eigenvalue weighted by atomic mass is 32.2. The third-order valence-electron chi connectivity index (χ3n) is 7.20. The van der Waals surface area contributed by atoms with Gasteiger partial charge in [-0.2, -0.15) is 14.9 Å². The molecule has 1 aliphatic rings. The molecular weight excluding hydrogens is 542 g/mol. The lowest BCUT2D eigenvalue weighted by Crippen LogP contribution is -2.25. The molecule has 0 aliphatic carbocycles. The average molecular weight is 568 g/mol. The van der Waals surface area contributed by atoms with E-state index < -0.39 is 0 Å². The van der Waals surface area contributed by atoms with Gasteiger partial charge in [0.2, 0.25) is 11.8 Å². The summed E-state index contributed by atoms with van der Waals surface area (Å²) in [5.74, 6) is -0.285. The maximum absolute atomic E-state index is 12.9. The normalized spacial score (nSPS) is 12.1. The first-order chi connectivity index (χ1) is 20.5. The lowest BCUT2D eigenvalue weighted by molar-refractivity contribution is -0.115. The molecule has 0 spiro atoms. The molecule has 7 rings (SSSR count). The van der Waals surface area contributed by atoms with E-state index in [0.29, 0.717) is 11.4 Å². The van der Waals surface area contributed by atoms with Crippen molar-refractivity contribution < 1.29 is 9.59 Å². The number of hydrogen-bond acceptors (Lipinski definition) is 5. The molecule has 0 saturated heterocycles. The van der Waals surface area contributed by atoms with Crippen molar-refractivity contribution in [1.29, 1.82) is 0 Å². The Morgan fingerprint density at radius 3 is 2.10 bits per heavy atom. The molecule has 0 N–H and O–H groups in total. The number of aromatic nitrogens is 4. The Morgan fingerprint density at radius 2 is 1.36 bits per heavy atom. The highest BCUT2D eigenvalue weighted by molar-refractivity contribution is 7.99. The van der Waals surface area contributed by atoms with E-state index in [9.17, 15) is 9.59 Å². The molecule has 204 valence electrons. The van der Waals surface area contributed by atoms with E-state index in [1.807, 2.05) is 120 Å². The Kier molecular flexibility index (Phi) is 6.32. The number of fused-ring (bicyclic) bond motifs is 2. The standard InChI is InChI=1S/C34H25N5O2S/c1-22(40)38-29-15-9-10-16-32(29)42-33-18-17-25(19-31(33)38)28-20-30(39(35-28)23(2)41)27-21-37(26-13-7-4-8-14-26)36-34(27)24-11-5-3-6-12-24/h3-21H,1-2H3. The van der Waals surface area contributed by atoms with Gasteiger partial charge in [-0.1, -0.05) is 78.5 Å². The van der Waals surface area contributed by atoms with Crippen LogP contribution in [0.4, 0.5) is 11.4 Å². The van der Waals surface area contributed by atoms with Crippen LogP contribution in [0.5, 0.6) is 0 Å². The number of para-hydroxylation sites is 2. The summed E-state index contributed by atoms with van der Waals surface area (Å²) in [6.45, 7) is 3.07. The first kappa shape index (κ1) is 25.7. The predicted molar refractivity (Wildman–Crippen MR) is 165 cm³/mol. The molecule has 3 heterocycles. The van der Waals surface area contributed by atoms with Crippen molar-refractivity contribution in [3.05, 3.63) is 115 Å². The van der Waals surface area contributed by atoms with E-state index in [1.165, 1.54) is 11.6 Å². The first-order valence-corrected chi connectivity index (χ1v) is 14.3. The third kappa shape index (κ3) is 4.42. The van der Waals surface area contributed by atoms with Gasteiger partial charge in [0.05, 0.1) is 28.5 Å². The summed E-state index contributed by atoms with van der Waals surface area (Å²) < 4.78 is 3.26. The van der Waals surface area contributed by atoms with Crippen LogP contribution in [0.1, 0.15) is 18.6 Å². The molecule has 6 aromatic rings. The second-order valence-electron chi connectivity index (χ2n) is 9.99. The fourth-order valence-corrected chi connectivity index (χ4v) is 6.33. The van der Waals surface area contributed by atoms with Crippen molar-refractivity contribution >= 4 is 35.0 Å². The highest BCUT2D eigenvalue weighted by Gasteiger charge is 2.27. The summed E-state index contributed by atoms with van der Waals surface area (Å²) >= 11 is 1.63. The van der Waals surface area contributed by atoms with E-state index in [4.69, 9.17) is 10.2 Å². The van der Waals surface area contributed by atoms with Crippen molar-refractivity contribution in [3.63, 3.8) is 0 Å². The van der Waals surface area contributed by atoms with Crippen LogP contribution in [-0.2, 0) is 4.79 Å². The Hall–Kier alpha value is -5.21. The minimum atomic E-state index is -0.212. The Morgan fingerprint density at radius 1 is 0.667 bits per heavy atom. The van der Waals surface area contributed by atoms with Crippen molar-refractivity contribution in [2.45, 2.75) is 23.6 Å². The maximum Gasteiger partial charge on any atom is 0.244 e. The summed E-state index contributed by atoms with van der Waals surface area (Å²) in [4.78, 5) is 29.5. The molecule has 1 aliphatic heterocycles. The second kappa shape index (κ2) is 10.3. The molecule has 0 radical (unpaired) electrons. The smallest absolute Gasteiger partial charge is 0.244 e. The summed E-state index contributed by atoms with van der Waals surface area (Å²) in [6.07, 6.45) is 1.94. The van der Waals surface area contributed by atoms with E-state index in [2.05, 4.69) is 0 Å². The number of benzene rings is 4. The van der Waals surface area contributed by atoms with Crippen molar-refractivity contribution in [3.8, 4) is 39.5 Å². The number of amides is 1. The number of anilines is 2. The Balaban J connectivity index is 1.38. The van der Waals surface area contributed by atoms with Gasteiger partial charge in [0.25, 0.3) is 0 Å². The van der Waals surface area contributed by atoms with E-state index >= 15 is 0 Å². The van der Waals surface area contributed by atoms with Gasteiger partial charge in [0.15, 0.2) is 0 Å². The Bertz CT molecular complexity index is 1980. The fraction of sp³-hybridized carbons (Fsp3) is 0.0588. The van der Waals surface area contributed by atoms with E-state index in [0.717, 1.165) is 49.2 Å². The van der Waals surface area contributed by atoms with Gasteiger partial charge in [-0.15, -0.1) is 0 Å². The zero-order chi connectivity index (χ0) is 28.8. The summed E-state index contributed by atoms with van der Waals surface area (Å²) in [6, 6.07) is 35.6. The first-order valence-electron chi connectivity index (χ1n) is 13.5. The molecule has 2 aromatic heterocycles. The van der Waals surface area contributed by atoms with E-state index in [1.54, 1.807) is 23.6 Å². The number of carbonyl (C=O) groups is 2. The van der Waals surface area contributed by atoms with Gasteiger partial charge in [-0.3, -0.25) is 14.5 Å². The number of rotatable bonds is 4. The van der Waals surface area contributed by atoms with Crippen LogP contribution in [0, 0.1) is 0 Å². The highest BCUT2D eigenvalue weighted by Crippen LogP contribution is 2.49. The number of carbonyl (C=O) groups excluding carboxylic acids is 2. The zero-order valence-electron chi connectivity index (χ0n) is 22.9. The molecule has 0 bridgehead atoms. The minimum Gasteiger partial charge on any atom is -0.279 e. The molecule has 42 heavy (non-hydrogen) atoms. The molecule has 4 aromatic carbocycles. The zero-order valence-corrected chi connectivity index (χ0v) is 23.7. The van der Waals surface area contributed by atoms with Gasteiger partial charge >= 0.3 is 0 Å². The molecule has 7 nitrogen and oxygen atoms in total. The van der Waals surface area contributed by atoms with Gasteiger partial charge in [0, 0.05) is 46.5 Å². The lowest BCUT2D eigenvalue weighted by Gasteiger charge is -2.30. The van der Waals surface area contributed by atoms with Crippen LogP contribution in [-0.4, -0.2) is 31.4 Å². The second-order valence-corrected chi connectivity index (χ2v) is 11.1. The lowest BCUT2D eigenvalue weighted by atomic mass is 10.0. The SMILES string of the molecule is CC(=O)N1c2ccccc2Sc2ccc(-c3cc(-c4cn(-c5ccccc5)nc4-c4ccccc4)n(C(C)=O)n3)cc21. The van der Waals surface area contributed by atoms with Gasteiger partial charge in [-0.25, -0.2) is 4.68 Å². The Labute approximate surface area is 247 Å². The van der Waals surface area contributed by atoms with Crippen molar-refractivity contribution in [2.24, 2.45) is 0 Å². The van der Waals surface area contributed by atoms with Crippen LogP contribution < -0.4 is 4.90 Å². The average Bonchev–Trinajstić information content (AvgIpc) is 3.66. The van der Waals surface area contributed by atoms with Crippen LogP contribution in [0.15, 0.2) is 125 Å². The number of hydrogen-bond donors (Lipinski definition) is 0. The fourth-order valence-electron chi connectivity index (χ4n) is 5.29. The van der Waals surface area contributed by atoms with E-state index in [-0.39, 0.29) is 11.8 Å². The maximum atomic E-state index is 12.9. The molecule has 0 unspecified atom stereocenters. The van der Waals surface area contributed by atoms with Gasteiger partial charge in [-0.05, 0) is 42.5 Å². The molecule has 8 heteroatoms. The molecule has 1 amide bonds. The van der Waals surface area contributed by atoms with Crippen LogP contribution >= 0.6 is 11.8 Å². The summed E-state index contributed by atoms with van der Waals surface area (Å²) in [7, 11) is 0. The van der Waals surface area contributed by atoms with Gasteiger partial charge in [0.1, 0.15) is 5.69 Å². The third-order valence-corrected chi connectivity index (χ3v) is 8.33. The monoisotopic (exact) mass is 567 g/mol. The molecular formula is C34H25N5O2S. The predicted octanol–water partition coefficient (Wildman–Crippen LogP) is 7.88. The van der Waals surface area contributed by atoms with Gasteiger partial charge < -0.3 is 0 Å². The van der Waals surface area contributed by atoms with Crippen LogP contribution in [0.25, 0.3) is 39.5 Å². The van der Waals surface area contributed by atoms with Crippen LogP contribution in [0.3, 0.4) is 0 Å². The van der Waals surface area contributed by atoms with Crippen molar-refractivity contribution in [2.75, 3.05) is 4.90 Å². The minimum absolute atomic E-state index is 0.0723. The quantitative estimate of drug-likeness (QED) is 0.217. The molecule has 0 fully saturated rings. The largest absolute Gasteiger partial charge is 0.279 e. The number of nitrogens with zero attached hydrogens (tertiary/aromatic N) is 5.